The number of carboxylic acid groups (broad SMARTS) is 1. The van der Waals surface area contributed by atoms with E-state index in [9.17, 15) is 9.90 Å². The van der Waals surface area contributed by atoms with Crippen LogP contribution in [-0.4, -0.2) is 28.6 Å². The number of carboxylic acids is 1. The van der Waals surface area contributed by atoms with Crippen LogP contribution in [0.3, 0.4) is 0 Å². The summed E-state index contributed by atoms with van der Waals surface area (Å²) in [6.07, 6.45) is 4.09. The Labute approximate surface area is 118 Å². The van der Waals surface area contributed by atoms with Crippen molar-refractivity contribution in [1.82, 2.24) is 4.98 Å². The minimum Gasteiger partial charge on any atom is -0.477 e. The minimum absolute atomic E-state index is 0.422. The molecule has 2 rings (SSSR count). The number of aromatic carboxylic acids is 1. The molecule has 0 atom stereocenters. The summed E-state index contributed by atoms with van der Waals surface area (Å²) in [7, 11) is 0. The Morgan fingerprint density at radius 1 is 1.53 bits per heavy atom. The van der Waals surface area contributed by atoms with Crippen LogP contribution in [0.15, 0.2) is 0 Å². The lowest BCUT2D eigenvalue weighted by molar-refractivity contribution is 0.0700. The van der Waals surface area contributed by atoms with E-state index in [2.05, 4.69) is 30.7 Å². The summed E-state index contributed by atoms with van der Waals surface area (Å²) in [4.78, 5) is 18.6. The number of anilines is 1. The molecule has 19 heavy (non-hydrogen) atoms. The average Bonchev–Trinajstić information content (AvgIpc) is 3.07. The Hall–Kier alpha value is -1.10. The second-order valence-corrected chi connectivity index (χ2v) is 6.58. The molecule has 1 N–H and O–H groups in total. The predicted molar refractivity (Wildman–Crippen MR) is 78.3 cm³/mol. The van der Waals surface area contributed by atoms with Gasteiger partial charge in [-0.25, -0.2) is 9.78 Å². The van der Waals surface area contributed by atoms with Gasteiger partial charge in [0, 0.05) is 12.6 Å². The fraction of sp³-hybridized carbons (Fsp3) is 0.714. The first-order chi connectivity index (χ1) is 9.02. The first-order valence-corrected chi connectivity index (χ1v) is 7.84. The summed E-state index contributed by atoms with van der Waals surface area (Å²) < 4.78 is 0. The maximum Gasteiger partial charge on any atom is 0.347 e. The number of nitrogens with zero attached hydrogens (tertiary/aromatic N) is 2. The molecule has 0 radical (unpaired) electrons. The van der Waals surface area contributed by atoms with Crippen molar-refractivity contribution in [3.63, 3.8) is 0 Å². The molecule has 106 valence electrons. The van der Waals surface area contributed by atoms with Crippen LogP contribution in [0.5, 0.6) is 0 Å². The van der Waals surface area contributed by atoms with Gasteiger partial charge < -0.3 is 10.0 Å². The summed E-state index contributed by atoms with van der Waals surface area (Å²) in [5.41, 5.74) is 0.754. The number of aromatic nitrogens is 1. The van der Waals surface area contributed by atoms with Crippen LogP contribution in [0, 0.1) is 5.92 Å². The molecule has 0 amide bonds. The normalized spacial score (nSPS) is 14.9. The summed E-state index contributed by atoms with van der Waals surface area (Å²) in [6, 6.07) is 0.574. The van der Waals surface area contributed by atoms with Gasteiger partial charge in [0.05, 0.1) is 5.69 Å². The lowest BCUT2D eigenvalue weighted by atomic mass is 10.2. The zero-order valence-corrected chi connectivity index (χ0v) is 12.7. The van der Waals surface area contributed by atoms with Crippen molar-refractivity contribution >= 4 is 22.4 Å². The van der Waals surface area contributed by atoms with Crippen molar-refractivity contribution in [3.05, 3.63) is 10.6 Å². The molecule has 1 saturated carbocycles. The largest absolute Gasteiger partial charge is 0.477 e. The van der Waals surface area contributed by atoms with Gasteiger partial charge in [-0.15, -0.1) is 0 Å². The first-order valence-electron chi connectivity index (χ1n) is 7.02. The van der Waals surface area contributed by atoms with Gasteiger partial charge in [0.1, 0.15) is 4.88 Å². The fourth-order valence-corrected chi connectivity index (χ4v) is 3.23. The van der Waals surface area contributed by atoms with E-state index >= 15 is 0 Å². The van der Waals surface area contributed by atoms with E-state index < -0.39 is 5.97 Å². The van der Waals surface area contributed by atoms with Crippen molar-refractivity contribution in [1.29, 1.82) is 0 Å². The number of rotatable bonds is 7. The van der Waals surface area contributed by atoms with Gasteiger partial charge in [-0.2, -0.15) is 0 Å². The summed E-state index contributed by atoms with van der Waals surface area (Å²) in [6.45, 7) is 7.39. The van der Waals surface area contributed by atoms with E-state index in [0.29, 0.717) is 16.8 Å². The number of thiazole rings is 1. The van der Waals surface area contributed by atoms with Crippen molar-refractivity contribution < 1.29 is 9.90 Å². The highest BCUT2D eigenvalue weighted by Crippen LogP contribution is 2.36. The Balaban J connectivity index is 2.26. The van der Waals surface area contributed by atoms with Crippen LogP contribution in [0.2, 0.25) is 0 Å². The molecule has 0 bridgehead atoms. The van der Waals surface area contributed by atoms with Gasteiger partial charge in [-0.1, -0.05) is 38.5 Å². The van der Waals surface area contributed by atoms with Gasteiger partial charge in [0.25, 0.3) is 0 Å². The van der Waals surface area contributed by atoms with Crippen LogP contribution < -0.4 is 4.90 Å². The van der Waals surface area contributed by atoms with Gasteiger partial charge >= 0.3 is 5.97 Å². The third-order valence-corrected chi connectivity index (χ3v) is 4.29. The topological polar surface area (TPSA) is 53.4 Å². The maximum atomic E-state index is 11.3. The molecule has 0 aliphatic heterocycles. The third-order valence-electron chi connectivity index (χ3n) is 3.16. The van der Waals surface area contributed by atoms with Crippen LogP contribution in [0.1, 0.15) is 55.4 Å². The highest BCUT2D eigenvalue weighted by Gasteiger charge is 2.32. The number of hydrogen-bond donors (Lipinski definition) is 1. The van der Waals surface area contributed by atoms with E-state index in [-0.39, 0.29) is 0 Å². The van der Waals surface area contributed by atoms with E-state index in [4.69, 9.17) is 0 Å². The van der Waals surface area contributed by atoms with E-state index in [1.807, 2.05) is 0 Å². The third kappa shape index (κ3) is 3.47. The van der Waals surface area contributed by atoms with Crippen LogP contribution in [0.25, 0.3) is 0 Å². The average molecular weight is 282 g/mol. The van der Waals surface area contributed by atoms with Gasteiger partial charge in [0.15, 0.2) is 5.13 Å². The summed E-state index contributed by atoms with van der Waals surface area (Å²) in [5.74, 6) is -0.278. The molecule has 1 aromatic rings. The summed E-state index contributed by atoms with van der Waals surface area (Å²) in [5, 5.41) is 10.2. The van der Waals surface area contributed by atoms with E-state index in [0.717, 1.165) is 30.2 Å². The van der Waals surface area contributed by atoms with Crippen LogP contribution in [-0.2, 0) is 6.42 Å². The highest BCUT2D eigenvalue weighted by molar-refractivity contribution is 7.17. The summed E-state index contributed by atoms with van der Waals surface area (Å²) >= 11 is 1.34. The molecule has 0 saturated heterocycles. The molecule has 1 heterocycles. The molecule has 4 nitrogen and oxygen atoms in total. The van der Waals surface area contributed by atoms with E-state index in [1.54, 1.807) is 0 Å². The second kappa shape index (κ2) is 5.90. The molecular formula is C14H22N2O2S. The van der Waals surface area contributed by atoms with Crippen LogP contribution >= 0.6 is 11.3 Å². The molecule has 1 aliphatic rings. The number of carbonyl (C=O) groups is 1. The molecular weight excluding hydrogens is 260 g/mol. The standard InChI is InChI=1S/C14H22N2O2S/c1-4-5-11-12(13(17)18)19-14(15-11)16(8-9(2)3)10-6-7-10/h9-10H,4-8H2,1-3H3,(H,17,18). The predicted octanol–water partition coefficient (Wildman–Crippen LogP) is 3.42. The maximum absolute atomic E-state index is 11.3. The van der Waals surface area contributed by atoms with Crippen molar-refractivity contribution in [2.75, 3.05) is 11.4 Å². The molecule has 1 aliphatic carbocycles. The molecule has 1 fully saturated rings. The van der Waals surface area contributed by atoms with Gasteiger partial charge in [0.2, 0.25) is 0 Å². The van der Waals surface area contributed by atoms with Crippen molar-refractivity contribution in [3.8, 4) is 0 Å². The van der Waals surface area contributed by atoms with Gasteiger partial charge in [-0.05, 0) is 25.2 Å². The molecule has 1 aromatic heterocycles. The molecule has 0 aromatic carbocycles. The minimum atomic E-state index is -0.840. The highest BCUT2D eigenvalue weighted by atomic mass is 32.1. The molecule has 0 unspecified atom stereocenters. The second-order valence-electron chi connectivity index (χ2n) is 5.60. The number of aryl methyl sites for hydroxylation is 1. The Bertz CT molecular complexity index is 452. The van der Waals surface area contributed by atoms with Crippen molar-refractivity contribution in [2.45, 2.75) is 52.5 Å². The van der Waals surface area contributed by atoms with E-state index in [1.165, 1.54) is 24.2 Å². The lowest BCUT2D eigenvalue weighted by Crippen LogP contribution is -2.29. The molecule has 0 spiro atoms. The quantitative estimate of drug-likeness (QED) is 0.832. The SMILES string of the molecule is CCCc1nc(N(CC(C)C)C2CC2)sc1C(=O)O. The Morgan fingerprint density at radius 2 is 2.21 bits per heavy atom. The Morgan fingerprint density at radius 3 is 2.68 bits per heavy atom. The van der Waals surface area contributed by atoms with Crippen molar-refractivity contribution in [2.24, 2.45) is 5.92 Å². The monoisotopic (exact) mass is 282 g/mol. The lowest BCUT2D eigenvalue weighted by Gasteiger charge is -2.23. The molecule has 5 heteroatoms. The van der Waals surface area contributed by atoms with Crippen LogP contribution in [0.4, 0.5) is 5.13 Å². The smallest absolute Gasteiger partial charge is 0.347 e. The zero-order valence-electron chi connectivity index (χ0n) is 11.8. The fourth-order valence-electron chi connectivity index (χ4n) is 2.20. The first kappa shape index (κ1) is 14.3. The van der Waals surface area contributed by atoms with Gasteiger partial charge in [-0.3, -0.25) is 0 Å². The zero-order chi connectivity index (χ0) is 14.0. The number of hydrogen-bond acceptors (Lipinski definition) is 4. The Kier molecular flexibility index (Phi) is 4.45.